The molecule has 0 saturated heterocycles. The van der Waals surface area contributed by atoms with Gasteiger partial charge in [-0.2, -0.15) is 0 Å². The van der Waals surface area contributed by atoms with Gasteiger partial charge < -0.3 is 0 Å². The minimum Gasteiger partial charge on any atom is 1.00 e. The molecule has 0 bridgehead atoms. The number of hydrogen-bond acceptors (Lipinski definition) is 0. The Balaban J connectivity index is 0. The molecule has 4 aromatic heterocycles. The summed E-state index contributed by atoms with van der Waals surface area (Å²) in [5.74, 6) is 0. The topological polar surface area (TPSA) is 56.6 Å². The van der Waals surface area contributed by atoms with Crippen molar-refractivity contribution in [1.82, 2.24) is 0 Å². The summed E-state index contributed by atoms with van der Waals surface area (Å²) < 4.78 is 59.2. The standard InChI is InChI=1S/4C7H7N.F6P.Li/c4*1-2-7-3-5-8-6-4-7;1-7(2,3,4,5)6;/h4*2-6H,1H2;;/q;;;;-1;+1/p+4. The first-order valence-electron chi connectivity index (χ1n) is 11.1. The van der Waals surface area contributed by atoms with Crippen LogP contribution in [0.15, 0.2) is 124 Å². The number of rotatable bonds is 4. The van der Waals surface area contributed by atoms with E-state index in [2.05, 4.69) is 46.3 Å². The molecule has 208 valence electrons. The minimum atomic E-state index is -10.7. The quantitative estimate of drug-likeness (QED) is 0.188. The van der Waals surface area contributed by atoms with Crippen molar-refractivity contribution in [1.29, 1.82) is 0 Å². The van der Waals surface area contributed by atoms with Crippen LogP contribution in [-0.2, 0) is 0 Å². The van der Waals surface area contributed by atoms with Crippen molar-refractivity contribution < 1.29 is 64.0 Å². The maximum atomic E-state index is 9.87. The average Bonchev–Trinajstić information content (AvgIpc) is 2.94. The number of aromatic amines is 4. The molecule has 0 aromatic carbocycles. The molecule has 4 N–H and O–H groups in total. The van der Waals surface area contributed by atoms with Gasteiger partial charge in [-0.3, -0.25) is 0 Å². The van der Waals surface area contributed by atoms with E-state index in [1.807, 2.05) is 122 Å². The molecule has 0 fully saturated rings. The monoisotopic (exact) mass is 576 g/mol. The van der Waals surface area contributed by atoms with E-state index in [9.17, 15) is 25.2 Å². The van der Waals surface area contributed by atoms with Crippen LogP contribution in [0.1, 0.15) is 22.3 Å². The van der Waals surface area contributed by atoms with Gasteiger partial charge >= 0.3 is 51.9 Å². The molecule has 40 heavy (non-hydrogen) atoms. The Kier molecular flexibility index (Phi) is 17.7. The predicted octanol–water partition coefficient (Wildman–Crippen LogP) is 4.96. The van der Waals surface area contributed by atoms with Crippen molar-refractivity contribution in [2.75, 3.05) is 0 Å². The third kappa shape index (κ3) is 28.7. The molecule has 0 unspecified atom stereocenters. The van der Waals surface area contributed by atoms with Crippen LogP contribution in [0.4, 0.5) is 25.2 Å². The fraction of sp³-hybridized carbons (Fsp3) is 0. The van der Waals surface area contributed by atoms with Crippen LogP contribution in [0.5, 0.6) is 0 Å². The summed E-state index contributed by atoms with van der Waals surface area (Å²) in [6.07, 6.45) is 22.2. The Bertz CT molecular complexity index is 1060. The van der Waals surface area contributed by atoms with Gasteiger partial charge in [0.15, 0.2) is 49.6 Å². The molecule has 0 atom stereocenters. The molecule has 0 radical (unpaired) electrons. The van der Waals surface area contributed by atoms with Crippen molar-refractivity contribution in [3.63, 3.8) is 0 Å². The van der Waals surface area contributed by atoms with Gasteiger partial charge in [-0.25, -0.2) is 19.9 Å². The van der Waals surface area contributed by atoms with Gasteiger partial charge in [0, 0.05) is 48.5 Å². The summed E-state index contributed by atoms with van der Waals surface area (Å²) in [7, 11) is -10.7. The van der Waals surface area contributed by atoms with Crippen molar-refractivity contribution in [2.45, 2.75) is 0 Å². The first kappa shape index (κ1) is 38.3. The largest absolute Gasteiger partial charge is 1.00 e. The normalized spacial score (nSPS) is 10.8. The van der Waals surface area contributed by atoms with Crippen molar-refractivity contribution in [2.24, 2.45) is 0 Å². The molecule has 0 aliphatic rings. The summed E-state index contributed by atoms with van der Waals surface area (Å²) in [5, 5.41) is 0. The summed E-state index contributed by atoms with van der Waals surface area (Å²) in [4.78, 5) is 11.7. The van der Waals surface area contributed by atoms with Crippen molar-refractivity contribution >= 4 is 32.1 Å². The summed E-state index contributed by atoms with van der Waals surface area (Å²) >= 11 is 0. The molecule has 4 heterocycles. The number of halogens is 6. The van der Waals surface area contributed by atoms with Gasteiger partial charge in [-0.05, 0) is 22.3 Å². The van der Waals surface area contributed by atoms with Crippen LogP contribution in [0.2, 0.25) is 0 Å². The maximum absolute atomic E-state index is 10.7. The maximum Gasteiger partial charge on any atom is 1.00 e. The Morgan fingerprint density at radius 1 is 0.400 bits per heavy atom. The smallest absolute Gasteiger partial charge is 1.00 e. The van der Waals surface area contributed by atoms with E-state index in [0.29, 0.717) is 0 Å². The Morgan fingerprint density at radius 2 is 0.525 bits per heavy atom. The molecular formula is C28H32F6LiN4P+4. The minimum absolute atomic E-state index is 0. The number of pyridine rings is 4. The second kappa shape index (κ2) is 18.5. The fourth-order valence-corrected chi connectivity index (χ4v) is 2.14. The SMILES string of the molecule is C=Cc1cc[nH+]cc1.C=Cc1cc[nH+]cc1.C=Cc1cc[nH+]cc1.C=Cc1cc[nH+]cc1.F[P-](F)(F)(F)(F)F.[Li+]. The van der Waals surface area contributed by atoms with E-state index in [1.54, 1.807) is 0 Å². The number of nitrogens with one attached hydrogen (secondary N) is 4. The molecule has 0 amide bonds. The molecule has 12 heteroatoms. The zero-order valence-electron chi connectivity index (χ0n) is 22.1. The molecule has 4 rings (SSSR count). The van der Waals surface area contributed by atoms with Gasteiger partial charge in [0.2, 0.25) is 0 Å². The first-order valence-corrected chi connectivity index (χ1v) is 13.1. The molecule has 0 spiro atoms. The first-order chi connectivity index (χ1) is 18.2. The van der Waals surface area contributed by atoms with E-state index >= 15 is 0 Å². The third-order valence-corrected chi connectivity index (χ3v) is 3.92. The Hall–Kier alpha value is -3.83. The van der Waals surface area contributed by atoms with Crippen molar-refractivity contribution in [3.05, 3.63) is 147 Å². The Labute approximate surface area is 242 Å². The Morgan fingerprint density at radius 3 is 0.600 bits per heavy atom. The fourth-order valence-electron chi connectivity index (χ4n) is 2.14. The third-order valence-electron chi connectivity index (χ3n) is 3.92. The molecular weight excluding hydrogens is 544 g/mol. The van der Waals surface area contributed by atoms with Crippen LogP contribution < -0.4 is 38.8 Å². The molecule has 4 aromatic rings. The van der Waals surface area contributed by atoms with Gasteiger partial charge in [-0.15, -0.1) is 0 Å². The number of aromatic nitrogens is 4. The van der Waals surface area contributed by atoms with E-state index in [-0.39, 0.29) is 18.9 Å². The number of hydrogen-bond donors (Lipinski definition) is 0. The molecule has 0 aliphatic carbocycles. The summed E-state index contributed by atoms with van der Waals surface area (Å²) in [6, 6.07) is 15.7. The van der Waals surface area contributed by atoms with Gasteiger partial charge in [-0.1, -0.05) is 50.6 Å². The zero-order valence-corrected chi connectivity index (χ0v) is 23.0. The van der Waals surface area contributed by atoms with Crippen LogP contribution in [-0.4, -0.2) is 0 Å². The number of H-pyrrole nitrogens is 4. The summed E-state index contributed by atoms with van der Waals surface area (Å²) in [6.45, 7) is 14.5. The van der Waals surface area contributed by atoms with Crippen LogP contribution in [0.3, 0.4) is 0 Å². The second-order valence-electron chi connectivity index (χ2n) is 7.11. The van der Waals surface area contributed by atoms with Crippen LogP contribution in [0.25, 0.3) is 24.3 Å². The molecule has 4 nitrogen and oxygen atoms in total. The van der Waals surface area contributed by atoms with E-state index in [4.69, 9.17) is 0 Å². The second-order valence-corrected chi connectivity index (χ2v) is 9.02. The van der Waals surface area contributed by atoms with Crippen LogP contribution >= 0.6 is 7.81 Å². The zero-order chi connectivity index (χ0) is 29.7. The van der Waals surface area contributed by atoms with Crippen molar-refractivity contribution in [3.8, 4) is 0 Å². The van der Waals surface area contributed by atoms with E-state index in [0.717, 1.165) is 22.3 Å². The molecule has 0 saturated carbocycles. The van der Waals surface area contributed by atoms with E-state index in [1.165, 1.54) is 0 Å². The van der Waals surface area contributed by atoms with Crippen LogP contribution in [0, 0.1) is 0 Å². The predicted molar refractivity (Wildman–Crippen MR) is 146 cm³/mol. The average molecular weight is 576 g/mol. The van der Waals surface area contributed by atoms with Gasteiger partial charge in [0.25, 0.3) is 0 Å². The summed E-state index contributed by atoms with van der Waals surface area (Å²) in [5.41, 5.74) is 4.57. The molecule has 0 aliphatic heterocycles. The van der Waals surface area contributed by atoms with E-state index < -0.39 is 7.81 Å². The van der Waals surface area contributed by atoms with Gasteiger partial charge in [0.05, 0.1) is 0 Å². The van der Waals surface area contributed by atoms with Gasteiger partial charge in [0.1, 0.15) is 0 Å².